The molecule has 0 aromatic heterocycles. The molecule has 1 fully saturated rings. The molecule has 0 saturated heterocycles. The molecule has 0 unspecified atom stereocenters. The van der Waals surface area contributed by atoms with E-state index in [1.807, 2.05) is 0 Å². The lowest BCUT2D eigenvalue weighted by Gasteiger charge is -2.29. The first-order valence-electron chi connectivity index (χ1n) is 12.3. The van der Waals surface area contributed by atoms with Crippen molar-refractivity contribution >= 4 is 0 Å². The molecule has 1 saturated carbocycles. The third-order valence-electron chi connectivity index (χ3n) is 6.75. The lowest BCUT2D eigenvalue weighted by molar-refractivity contribution is 0.301. The predicted molar refractivity (Wildman–Crippen MR) is 122 cm³/mol. The fraction of sp³-hybridized carbons (Fsp3) is 0.704. The maximum atomic E-state index is 12.1. The Kier molecular flexibility index (Phi) is 12.3. The number of rotatable bonds is 14. The lowest BCUT2D eigenvalue weighted by Crippen LogP contribution is -2.13. The van der Waals surface area contributed by atoms with Crippen LogP contribution in [0.15, 0.2) is 36.4 Å². The van der Waals surface area contributed by atoms with E-state index in [0.717, 1.165) is 17.6 Å². The monoisotopic (exact) mass is 404 g/mol. The van der Waals surface area contributed by atoms with Gasteiger partial charge >= 0.3 is 0 Å². The Morgan fingerprint density at radius 2 is 1.41 bits per heavy atom. The summed E-state index contributed by atoms with van der Waals surface area (Å²) in [7, 11) is 0. The van der Waals surface area contributed by atoms with E-state index in [1.165, 1.54) is 95.5 Å². The summed E-state index contributed by atoms with van der Waals surface area (Å²) in [6, 6.07) is 8.73. The van der Waals surface area contributed by atoms with Gasteiger partial charge in [0.05, 0.1) is 0 Å². The molecule has 29 heavy (non-hydrogen) atoms. The van der Waals surface area contributed by atoms with Gasteiger partial charge in [0, 0.05) is 0 Å². The lowest BCUT2D eigenvalue weighted by atomic mass is 9.77. The average Bonchev–Trinajstić information content (AvgIpc) is 2.73. The Hall–Kier alpha value is -1.18. The molecular formula is C27H42F2. The van der Waals surface area contributed by atoms with Gasteiger partial charge < -0.3 is 0 Å². The van der Waals surface area contributed by atoms with Gasteiger partial charge in [-0.1, -0.05) is 95.4 Å². The van der Waals surface area contributed by atoms with Crippen LogP contribution in [0.25, 0.3) is 0 Å². The maximum Gasteiger partial charge on any atom is 0.266 e. The van der Waals surface area contributed by atoms with Gasteiger partial charge in [-0.25, -0.2) is 0 Å². The van der Waals surface area contributed by atoms with E-state index in [-0.39, 0.29) is 0 Å². The van der Waals surface area contributed by atoms with Gasteiger partial charge in [0.1, 0.15) is 0 Å². The fourth-order valence-electron chi connectivity index (χ4n) is 4.83. The highest BCUT2D eigenvalue weighted by Gasteiger charge is 2.21. The van der Waals surface area contributed by atoms with Crippen molar-refractivity contribution in [2.75, 3.05) is 0 Å². The van der Waals surface area contributed by atoms with Gasteiger partial charge in [-0.2, -0.15) is 8.78 Å². The zero-order valence-corrected chi connectivity index (χ0v) is 18.6. The van der Waals surface area contributed by atoms with E-state index in [0.29, 0.717) is 18.8 Å². The second-order valence-corrected chi connectivity index (χ2v) is 9.11. The van der Waals surface area contributed by atoms with Crippen LogP contribution in [0.5, 0.6) is 0 Å². The van der Waals surface area contributed by atoms with Crippen LogP contribution in [-0.2, 0) is 6.42 Å². The number of allylic oxidation sites excluding steroid dienone is 1. The molecule has 0 N–H and O–H groups in total. The SMILES string of the molecule is CCCCCCCCCCC[C@H]1CC[C@H](c2ccc(CCC=C(F)F)cc2)CC1. The Morgan fingerprint density at radius 3 is 2.00 bits per heavy atom. The molecule has 1 aliphatic carbocycles. The highest BCUT2D eigenvalue weighted by Crippen LogP contribution is 2.37. The number of halogens is 2. The third kappa shape index (κ3) is 10.4. The van der Waals surface area contributed by atoms with Crippen molar-refractivity contribution in [3.05, 3.63) is 47.5 Å². The molecule has 0 amide bonds. The van der Waals surface area contributed by atoms with Crippen LogP contribution in [0.2, 0.25) is 0 Å². The summed E-state index contributed by atoms with van der Waals surface area (Å²) in [5, 5.41) is 0. The van der Waals surface area contributed by atoms with Crippen molar-refractivity contribution in [3.8, 4) is 0 Å². The van der Waals surface area contributed by atoms with Crippen LogP contribution >= 0.6 is 0 Å². The topological polar surface area (TPSA) is 0 Å². The fourth-order valence-corrected chi connectivity index (χ4v) is 4.83. The van der Waals surface area contributed by atoms with Crippen LogP contribution in [0.1, 0.15) is 120 Å². The maximum absolute atomic E-state index is 12.1. The largest absolute Gasteiger partial charge is 0.266 e. The predicted octanol–water partition coefficient (Wildman–Crippen LogP) is 9.59. The van der Waals surface area contributed by atoms with Gasteiger partial charge in [-0.05, 0) is 67.6 Å². The minimum Gasteiger partial charge on any atom is -0.174 e. The van der Waals surface area contributed by atoms with Crippen molar-refractivity contribution in [1.82, 2.24) is 0 Å². The van der Waals surface area contributed by atoms with E-state index in [9.17, 15) is 8.78 Å². The van der Waals surface area contributed by atoms with Crippen molar-refractivity contribution in [2.24, 2.45) is 5.92 Å². The quantitative estimate of drug-likeness (QED) is 0.271. The molecule has 0 aliphatic heterocycles. The number of hydrogen-bond acceptors (Lipinski definition) is 0. The molecule has 1 aliphatic rings. The highest BCUT2D eigenvalue weighted by atomic mass is 19.3. The van der Waals surface area contributed by atoms with Crippen LogP contribution in [0, 0.1) is 5.92 Å². The molecule has 2 rings (SSSR count). The molecule has 2 heteroatoms. The van der Waals surface area contributed by atoms with Gasteiger partial charge in [0.25, 0.3) is 6.08 Å². The van der Waals surface area contributed by atoms with Crippen molar-refractivity contribution in [3.63, 3.8) is 0 Å². The standard InChI is InChI=1S/C27H42F2/c1-2-3-4-5-6-7-8-9-10-12-23-15-19-25(20-16-23)26-21-17-24(18-22-26)13-11-14-27(28)29/h14,17-18,21-23,25H,2-13,15-16,19-20H2,1H3/t23-,25-. The molecule has 0 atom stereocenters. The van der Waals surface area contributed by atoms with E-state index in [1.54, 1.807) is 0 Å². The Labute approximate surface area is 178 Å². The summed E-state index contributed by atoms with van der Waals surface area (Å²) in [5.74, 6) is 1.64. The third-order valence-corrected chi connectivity index (χ3v) is 6.75. The van der Waals surface area contributed by atoms with Gasteiger partial charge in [-0.3, -0.25) is 0 Å². The zero-order valence-electron chi connectivity index (χ0n) is 18.6. The van der Waals surface area contributed by atoms with Crippen LogP contribution in [0.3, 0.4) is 0 Å². The summed E-state index contributed by atoms with van der Waals surface area (Å²) in [6.45, 7) is 2.28. The van der Waals surface area contributed by atoms with Crippen molar-refractivity contribution in [2.45, 2.75) is 116 Å². The average molecular weight is 405 g/mol. The van der Waals surface area contributed by atoms with E-state index in [2.05, 4.69) is 31.2 Å². The summed E-state index contributed by atoms with van der Waals surface area (Å²) in [6.07, 6.45) is 20.2. The zero-order chi connectivity index (χ0) is 20.7. The van der Waals surface area contributed by atoms with E-state index < -0.39 is 6.08 Å². The van der Waals surface area contributed by atoms with Gasteiger partial charge in [0.2, 0.25) is 0 Å². The second-order valence-electron chi connectivity index (χ2n) is 9.11. The minimum absolute atomic E-state index is 0.422. The summed E-state index contributed by atoms with van der Waals surface area (Å²) in [4.78, 5) is 0. The van der Waals surface area contributed by atoms with E-state index in [4.69, 9.17) is 0 Å². The number of unbranched alkanes of at least 4 members (excludes halogenated alkanes) is 8. The Morgan fingerprint density at radius 1 is 0.828 bits per heavy atom. The summed E-state index contributed by atoms with van der Waals surface area (Å²) < 4.78 is 24.2. The molecule has 0 heterocycles. The Bertz CT molecular complexity index is 548. The summed E-state index contributed by atoms with van der Waals surface area (Å²) in [5.41, 5.74) is 2.60. The van der Waals surface area contributed by atoms with Crippen molar-refractivity contribution in [1.29, 1.82) is 0 Å². The second kappa shape index (κ2) is 14.7. The Balaban J connectivity index is 1.55. The molecule has 0 spiro atoms. The van der Waals surface area contributed by atoms with Crippen LogP contribution in [-0.4, -0.2) is 0 Å². The number of hydrogen-bond donors (Lipinski definition) is 0. The molecule has 0 radical (unpaired) electrons. The highest BCUT2D eigenvalue weighted by molar-refractivity contribution is 5.26. The minimum atomic E-state index is -1.57. The molecule has 1 aromatic rings. The summed E-state index contributed by atoms with van der Waals surface area (Å²) >= 11 is 0. The molecular weight excluding hydrogens is 362 g/mol. The number of aryl methyl sites for hydroxylation is 1. The van der Waals surface area contributed by atoms with Crippen LogP contribution < -0.4 is 0 Å². The smallest absolute Gasteiger partial charge is 0.174 e. The van der Waals surface area contributed by atoms with Crippen molar-refractivity contribution < 1.29 is 8.78 Å². The molecule has 0 nitrogen and oxygen atoms in total. The normalized spacial score (nSPS) is 19.3. The molecule has 1 aromatic carbocycles. The van der Waals surface area contributed by atoms with Gasteiger partial charge in [0.15, 0.2) is 0 Å². The van der Waals surface area contributed by atoms with Gasteiger partial charge in [-0.15, -0.1) is 0 Å². The first-order valence-corrected chi connectivity index (χ1v) is 12.3. The molecule has 164 valence electrons. The first kappa shape index (κ1) is 24.1. The first-order chi connectivity index (χ1) is 14.2. The van der Waals surface area contributed by atoms with E-state index >= 15 is 0 Å². The molecule has 0 bridgehead atoms. The van der Waals surface area contributed by atoms with Crippen LogP contribution in [0.4, 0.5) is 8.78 Å². The number of benzene rings is 1.